The molecule has 0 radical (unpaired) electrons. The van der Waals surface area contributed by atoms with Crippen LogP contribution in [-0.2, 0) is 22.2 Å². The van der Waals surface area contributed by atoms with Crippen LogP contribution in [0.4, 0.5) is 30.5 Å². The van der Waals surface area contributed by atoms with Crippen LogP contribution in [0.5, 0.6) is 5.75 Å². The van der Waals surface area contributed by atoms with Crippen LogP contribution in [0.2, 0.25) is 0 Å². The highest BCUT2D eigenvalue weighted by atomic mass is 32.2. The topological polar surface area (TPSA) is 124 Å². The van der Waals surface area contributed by atoms with Gasteiger partial charge in [-0.25, -0.2) is 18.1 Å². The lowest BCUT2D eigenvalue weighted by Crippen LogP contribution is -2.28. The van der Waals surface area contributed by atoms with E-state index in [4.69, 9.17) is 9.84 Å². The van der Waals surface area contributed by atoms with Crippen LogP contribution in [0.25, 0.3) is 11.3 Å². The third kappa shape index (κ3) is 7.66. The molecule has 206 valence electrons. The zero-order valence-corrected chi connectivity index (χ0v) is 22.1. The molecular formula is C25H26F3N7O3S. The summed E-state index contributed by atoms with van der Waals surface area (Å²) in [6.07, 6.45) is 1.31. The fraction of sp³-hybridized carbons (Fsp3) is 0.280. The van der Waals surface area contributed by atoms with Crippen LogP contribution in [0.15, 0.2) is 67.3 Å². The maximum atomic E-state index is 12.8. The Hall–Kier alpha value is -4.20. The van der Waals surface area contributed by atoms with Crippen LogP contribution >= 0.6 is 0 Å². The van der Waals surface area contributed by atoms with E-state index in [1.807, 2.05) is 25.5 Å². The van der Waals surface area contributed by atoms with E-state index in [2.05, 4.69) is 20.3 Å². The molecular weight excluding hydrogens is 535 g/mol. The summed E-state index contributed by atoms with van der Waals surface area (Å²) in [5.41, 5.74) is 0.999. The normalized spacial score (nSPS) is 12.3. The van der Waals surface area contributed by atoms with Gasteiger partial charge in [0.1, 0.15) is 24.0 Å². The summed E-state index contributed by atoms with van der Waals surface area (Å²) in [4.78, 5) is 12.4. The number of hydrogen-bond donors (Lipinski definition) is 2. The second-order valence-electron chi connectivity index (χ2n) is 9.51. The lowest BCUT2D eigenvalue weighted by molar-refractivity contribution is -0.106. The Kier molecular flexibility index (Phi) is 7.77. The van der Waals surface area contributed by atoms with Crippen LogP contribution in [0.3, 0.4) is 0 Å². The molecule has 0 unspecified atom stereocenters. The first-order chi connectivity index (χ1) is 18.3. The number of pyridine rings is 1. The number of halogens is 3. The Morgan fingerprint density at radius 1 is 1.00 bits per heavy atom. The Balaban J connectivity index is 1.71. The van der Waals surface area contributed by atoms with Gasteiger partial charge >= 0.3 is 6.18 Å². The Labute approximate surface area is 223 Å². The molecule has 14 heteroatoms. The summed E-state index contributed by atoms with van der Waals surface area (Å²) in [6.45, 7) is 5.84. The largest absolute Gasteiger partial charge is 0.485 e. The zero-order valence-electron chi connectivity index (χ0n) is 21.3. The number of anilines is 3. The molecule has 0 spiro atoms. The lowest BCUT2D eigenvalue weighted by Gasteiger charge is -2.22. The Morgan fingerprint density at radius 2 is 1.79 bits per heavy atom. The van der Waals surface area contributed by atoms with Gasteiger partial charge in [-0.2, -0.15) is 18.3 Å². The molecule has 3 heterocycles. The maximum Gasteiger partial charge on any atom is 0.404 e. The van der Waals surface area contributed by atoms with Gasteiger partial charge in [0.15, 0.2) is 5.75 Å². The molecule has 1 aromatic carbocycles. The second-order valence-corrected chi connectivity index (χ2v) is 11.2. The van der Waals surface area contributed by atoms with Gasteiger partial charge in [0.25, 0.3) is 0 Å². The summed E-state index contributed by atoms with van der Waals surface area (Å²) in [7, 11) is -4.75. The molecule has 0 saturated heterocycles. The van der Waals surface area contributed by atoms with E-state index in [1.165, 1.54) is 12.1 Å². The molecule has 39 heavy (non-hydrogen) atoms. The van der Waals surface area contributed by atoms with Crippen LogP contribution in [0, 0.1) is 0 Å². The van der Waals surface area contributed by atoms with Crippen molar-refractivity contribution < 1.29 is 26.3 Å². The van der Waals surface area contributed by atoms with Gasteiger partial charge in [-0.1, -0.05) is 12.1 Å². The highest BCUT2D eigenvalue weighted by Crippen LogP contribution is 2.35. The van der Waals surface area contributed by atoms with Crippen LogP contribution < -0.4 is 14.8 Å². The molecule has 3 aromatic heterocycles. The first kappa shape index (κ1) is 27.8. The summed E-state index contributed by atoms with van der Waals surface area (Å²) < 4.78 is 72.4. The van der Waals surface area contributed by atoms with Gasteiger partial charge in [-0.15, -0.1) is 0 Å². The fourth-order valence-electron chi connectivity index (χ4n) is 3.56. The number of aromatic nitrogens is 5. The summed E-state index contributed by atoms with van der Waals surface area (Å²) in [5, 5.41) is 7.89. The van der Waals surface area contributed by atoms with Crippen molar-refractivity contribution in [1.29, 1.82) is 0 Å². The molecule has 0 saturated carbocycles. The molecule has 0 amide bonds. The number of nitrogens with zero attached hydrogens (tertiary/aromatic N) is 5. The SMILES string of the molecule is CC(C)(C)n1nc(-c2ccc(NS(=O)(=O)CC(F)(F)F)c(OCc3ccccn3)c2)cc1Nc1cnccn1. The molecule has 0 fully saturated rings. The van der Waals surface area contributed by atoms with Gasteiger partial charge in [-0.3, -0.25) is 14.7 Å². The predicted octanol–water partition coefficient (Wildman–Crippen LogP) is 5.12. The van der Waals surface area contributed by atoms with Crippen molar-refractivity contribution >= 4 is 27.3 Å². The standard InChI is InChI=1S/C25H26F3N7O3S/c1-24(2,3)35-23(32-22-14-29-10-11-31-22)13-20(33-35)17-7-8-19(34-39(36,37)16-25(26,27)28)21(12-17)38-15-18-6-4-5-9-30-18/h4-14,34H,15-16H2,1-3H3,(H,31,32). The summed E-state index contributed by atoms with van der Waals surface area (Å²) in [6, 6.07) is 11.3. The second kappa shape index (κ2) is 10.9. The van der Waals surface area contributed by atoms with Gasteiger partial charge in [0, 0.05) is 30.2 Å². The number of benzene rings is 1. The fourth-order valence-corrected chi connectivity index (χ4v) is 4.56. The molecule has 0 atom stereocenters. The van der Waals surface area contributed by atoms with E-state index < -0.39 is 27.5 Å². The van der Waals surface area contributed by atoms with E-state index in [0.29, 0.717) is 28.6 Å². The van der Waals surface area contributed by atoms with Gasteiger partial charge in [0.05, 0.1) is 28.8 Å². The first-order valence-electron chi connectivity index (χ1n) is 11.7. The molecule has 4 rings (SSSR count). The van der Waals surface area contributed by atoms with Gasteiger partial charge in [-0.05, 0) is 45.0 Å². The minimum Gasteiger partial charge on any atom is -0.485 e. The average Bonchev–Trinajstić information content (AvgIpc) is 3.27. The maximum absolute atomic E-state index is 12.8. The van der Waals surface area contributed by atoms with Crippen molar-refractivity contribution in [2.75, 3.05) is 15.8 Å². The number of alkyl halides is 3. The Morgan fingerprint density at radius 3 is 2.44 bits per heavy atom. The monoisotopic (exact) mass is 561 g/mol. The third-order valence-electron chi connectivity index (χ3n) is 5.16. The van der Waals surface area contributed by atoms with Crippen molar-refractivity contribution in [3.63, 3.8) is 0 Å². The van der Waals surface area contributed by atoms with Crippen molar-refractivity contribution in [3.8, 4) is 17.0 Å². The predicted molar refractivity (Wildman–Crippen MR) is 140 cm³/mol. The summed E-state index contributed by atoms with van der Waals surface area (Å²) >= 11 is 0. The smallest absolute Gasteiger partial charge is 0.404 e. The number of nitrogens with one attached hydrogen (secondary N) is 2. The van der Waals surface area contributed by atoms with Crippen molar-refractivity contribution in [1.82, 2.24) is 24.7 Å². The quantitative estimate of drug-likeness (QED) is 0.289. The molecule has 0 bridgehead atoms. The highest BCUT2D eigenvalue weighted by Gasteiger charge is 2.35. The zero-order chi connectivity index (χ0) is 28.3. The minimum absolute atomic E-state index is 0.0117. The lowest BCUT2D eigenvalue weighted by atomic mass is 10.1. The number of rotatable bonds is 9. The van der Waals surface area contributed by atoms with E-state index in [-0.39, 0.29) is 18.0 Å². The van der Waals surface area contributed by atoms with Crippen molar-refractivity contribution in [2.24, 2.45) is 0 Å². The van der Waals surface area contributed by atoms with E-state index in [9.17, 15) is 21.6 Å². The Bertz CT molecular complexity index is 1520. The van der Waals surface area contributed by atoms with Crippen molar-refractivity contribution in [3.05, 3.63) is 72.9 Å². The minimum atomic E-state index is -4.91. The van der Waals surface area contributed by atoms with Gasteiger partial charge < -0.3 is 10.1 Å². The molecule has 0 aliphatic rings. The first-order valence-corrected chi connectivity index (χ1v) is 13.3. The molecule has 2 N–H and O–H groups in total. The number of hydrogen-bond acceptors (Lipinski definition) is 8. The van der Waals surface area contributed by atoms with E-state index in [0.717, 1.165) is 0 Å². The average molecular weight is 562 g/mol. The van der Waals surface area contributed by atoms with E-state index >= 15 is 0 Å². The third-order valence-corrected chi connectivity index (χ3v) is 6.40. The van der Waals surface area contributed by atoms with Crippen molar-refractivity contribution in [2.45, 2.75) is 39.1 Å². The van der Waals surface area contributed by atoms with Gasteiger partial charge in [0.2, 0.25) is 10.0 Å². The molecule has 4 aromatic rings. The van der Waals surface area contributed by atoms with E-state index in [1.54, 1.807) is 59.8 Å². The number of ether oxygens (including phenoxy) is 1. The number of sulfonamides is 1. The van der Waals surface area contributed by atoms with Crippen LogP contribution in [0.1, 0.15) is 26.5 Å². The van der Waals surface area contributed by atoms with Crippen LogP contribution in [-0.4, -0.2) is 45.1 Å². The summed E-state index contributed by atoms with van der Waals surface area (Å²) in [5.74, 6) is -0.903. The highest BCUT2D eigenvalue weighted by molar-refractivity contribution is 7.92. The molecule has 0 aliphatic heterocycles. The molecule has 0 aliphatic carbocycles. The molecule has 10 nitrogen and oxygen atoms in total.